The maximum absolute atomic E-state index is 5.00. The fraction of sp³-hybridized carbons (Fsp3) is 0.538. The Morgan fingerprint density at radius 1 is 1.53 bits per heavy atom. The van der Waals surface area contributed by atoms with Crippen molar-refractivity contribution in [1.29, 1.82) is 0 Å². The van der Waals surface area contributed by atoms with E-state index in [0.717, 1.165) is 25.4 Å². The zero-order valence-electron chi connectivity index (χ0n) is 10.8. The Morgan fingerprint density at radius 3 is 2.94 bits per heavy atom. The summed E-state index contributed by atoms with van der Waals surface area (Å²) in [6.07, 6.45) is 5.45. The number of nitrogens with one attached hydrogen (secondary N) is 1. The van der Waals surface area contributed by atoms with E-state index in [2.05, 4.69) is 35.2 Å². The highest BCUT2D eigenvalue weighted by Gasteiger charge is 2.03. The van der Waals surface area contributed by atoms with E-state index in [1.165, 1.54) is 5.57 Å². The molecule has 94 valence electrons. The van der Waals surface area contributed by atoms with Crippen molar-refractivity contribution < 1.29 is 4.74 Å². The largest absolute Gasteiger partial charge is 0.383 e. The Bertz CT molecular complexity index is 336. The molecule has 1 heterocycles. The molecule has 0 aliphatic heterocycles. The molecule has 0 aliphatic carbocycles. The monoisotopic (exact) mass is 235 g/mol. The first kappa shape index (κ1) is 13.8. The Labute approximate surface area is 103 Å². The van der Waals surface area contributed by atoms with Crippen molar-refractivity contribution in [3.05, 3.63) is 29.9 Å². The van der Waals surface area contributed by atoms with Crippen molar-refractivity contribution >= 4 is 6.08 Å². The van der Waals surface area contributed by atoms with Gasteiger partial charge in [-0.15, -0.1) is 0 Å². The molecule has 0 radical (unpaired) electrons. The number of nitrogens with zero attached hydrogens (tertiary/aromatic N) is 2. The van der Waals surface area contributed by atoms with Crippen LogP contribution in [0.15, 0.2) is 24.2 Å². The standard InChI is InChI=1S/C13H21N3O/c1-11(2)12(9-14-6-7-17-3)8-13-4-5-15-10-16-13/h4-5,8,10-11,14H,6-7,9H2,1-3H3. The van der Waals surface area contributed by atoms with Gasteiger partial charge in [-0.05, 0) is 18.1 Å². The van der Waals surface area contributed by atoms with Gasteiger partial charge in [0.2, 0.25) is 0 Å². The summed E-state index contributed by atoms with van der Waals surface area (Å²) in [7, 11) is 1.71. The quantitative estimate of drug-likeness (QED) is 0.731. The van der Waals surface area contributed by atoms with Gasteiger partial charge in [-0.2, -0.15) is 0 Å². The molecule has 0 atom stereocenters. The fourth-order valence-corrected chi connectivity index (χ4v) is 1.41. The molecule has 0 saturated heterocycles. The predicted octanol–water partition coefficient (Wildman–Crippen LogP) is 1.75. The van der Waals surface area contributed by atoms with Gasteiger partial charge < -0.3 is 10.1 Å². The lowest BCUT2D eigenvalue weighted by Crippen LogP contribution is -2.23. The average Bonchev–Trinajstić information content (AvgIpc) is 2.34. The molecule has 1 rings (SSSR count). The van der Waals surface area contributed by atoms with Crippen LogP contribution in [0.5, 0.6) is 0 Å². The topological polar surface area (TPSA) is 47.0 Å². The van der Waals surface area contributed by atoms with Crippen molar-refractivity contribution in [1.82, 2.24) is 15.3 Å². The molecule has 0 aliphatic rings. The number of hydrogen-bond acceptors (Lipinski definition) is 4. The van der Waals surface area contributed by atoms with Gasteiger partial charge in [0.25, 0.3) is 0 Å². The normalized spacial score (nSPS) is 12.1. The van der Waals surface area contributed by atoms with Crippen molar-refractivity contribution in [2.24, 2.45) is 5.92 Å². The van der Waals surface area contributed by atoms with Crippen LogP contribution in [-0.2, 0) is 4.74 Å². The minimum Gasteiger partial charge on any atom is -0.383 e. The summed E-state index contributed by atoms with van der Waals surface area (Å²) in [5, 5.41) is 3.35. The van der Waals surface area contributed by atoms with Gasteiger partial charge in [-0.1, -0.05) is 19.4 Å². The smallest absolute Gasteiger partial charge is 0.115 e. The summed E-state index contributed by atoms with van der Waals surface area (Å²) < 4.78 is 5.00. The molecule has 0 spiro atoms. The van der Waals surface area contributed by atoms with Crippen molar-refractivity contribution in [2.45, 2.75) is 13.8 Å². The first-order valence-electron chi connectivity index (χ1n) is 5.90. The number of rotatable bonds is 7. The fourth-order valence-electron chi connectivity index (χ4n) is 1.41. The third-order valence-electron chi connectivity index (χ3n) is 2.49. The summed E-state index contributed by atoms with van der Waals surface area (Å²) in [6, 6.07) is 1.91. The lowest BCUT2D eigenvalue weighted by Gasteiger charge is -2.12. The molecule has 17 heavy (non-hydrogen) atoms. The van der Waals surface area contributed by atoms with Crippen molar-refractivity contribution in [3.8, 4) is 0 Å². The zero-order chi connectivity index (χ0) is 12.5. The molecule has 0 fully saturated rings. The molecule has 0 unspecified atom stereocenters. The van der Waals surface area contributed by atoms with E-state index in [4.69, 9.17) is 4.74 Å². The van der Waals surface area contributed by atoms with Crippen LogP contribution in [-0.4, -0.2) is 36.8 Å². The SMILES string of the molecule is COCCNCC(=Cc1ccncn1)C(C)C. The Hall–Kier alpha value is -1.26. The average molecular weight is 235 g/mol. The van der Waals surface area contributed by atoms with E-state index in [9.17, 15) is 0 Å². The third kappa shape index (κ3) is 5.56. The van der Waals surface area contributed by atoms with Crippen LogP contribution in [0, 0.1) is 5.92 Å². The van der Waals surface area contributed by atoms with Crippen LogP contribution in [0.1, 0.15) is 19.5 Å². The van der Waals surface area contributed by atoms with E-state index in [1.54, 1.807) is 19.6 Å². The van der Waals surface area contributed by atoms with Gasteiger partial charge in [0.15, 0.2) is 0 Å². The van der Waals surface area contributed by atoms with Crippen molar-refractivity contribution in [3.63, 3.8) is 0 Å². The molecule has 0 amide bonds. The molecule has 4 heteroatoms. The minimum atomic E-state index is 0.500. The first-order chi connectivity index (χ1) is 8.24. The second kappa shape index (κ2) is 7.92. The van der Waals surface area contributed by atoms with E-state index >= 15 is 0 Å². The van der Waals surface area contributed by atoms with Gasteiger partial charge in [0.1, 0.15) is 6.33 Å². The maximum atomic E-state index is 5.00. The highest BCUT2D eigenvalue weighted by atomic mass is 16.5. The Balaban J connectivity index is 2.56. The molecule has 1 aromatic rings. The number of aromatic nitrogens is 2. The molecule has 0 bridgehead atoms. The highest BCUT2D eigenvalue weighted by Crippen LogP contribution is 2.12. The van der Waals surface area contributed by atoms with Crippen LogP contribution >= 0.6 is 0 Å². The molecule has 4 nitrogen and oxygen atoms in total. The Morgan fingerprint density at radius 2 is 2.35 bits per heavy atom. The van der Waals surface area contributed by atoms with E-state index in [-0.39, 0.29) is 0 Å². The molecular weight excluding hydrogens is 214 g/mol. The Kier molecular flexibility index (Phi) is 6.43. The van der Waals surface area contributed by atoms with E-state index < -0.39 is 0 Å². The van der Waals surface area contributed by atoms with E-state index in [1.807, 2.05) is 6.07 Å². The molecular formula is C13H21N3O. The van der Waals surface area contributed by atoms with Gasteiger partial charge in [0.05, 0.1) is 12.3 Å². The summed E-state index contributed by atoms with van der Waals surface area (Å²) in [5.74, 6) is 0.500. The summed E-state index contributed by atoms with van der Waals surface area (Å²) >= 11 is 0. The summed E-state index contributed by atoms with van der Waals surface area (Å²) in [5.41, 5.74) is 2.29. The highest BCUT2D eigenvalue weighted by molar-refractivity contribution is 5.49. The maximum Gasteiger partial charge on any atom is 0.115 e. The lowest BCUT2D eigenvalue weighted by molar-refractivity contribution is 0.200. The van der Waals surface area contributed by atoms with Crippen LogP contribution in [0.2, 0.25) is 0 Å². The van der Waals surface area contributed by atoms with Gasteiger partial charge in [0, 0.05) is 26.4 Å². The van der Waals surface area contributed by atoms with Crippen LogP contribution < -0.4 is 5.32 Å². The third-order valence-corrected chi connectivity index (χ3v) is 2.49. The number of ether oxygens (including phenoxy) is 1. The lowest BCUT2D eigenvalue weighted by atomic mass is 10.0. The second-order valence-electron chi connectivity index (χ2n) is 4.18. The number of methoxy groups -OCH3 is 1. The number of hydrogen-bond donors (Lipinski definition) is 1. The summed E-state index contributed by atoms with van der Waals surface area (Å²) in [6.45, 7) is 6.84. The second-order valence-corrected chi connectivity index (χ2v) is 4.18. The van der Waals surface area contributed by atoms with Crippen LogP contribution in [0.3, 0.4) is 0 Å². The van der Waals surface area contributed by atoms with Gasteiger partial charge in [-0.3, -0.25) is 0 Å². The molecule has 0 saturated carbocycles. The van der Waals surface area contributed by atoms with Crippen LogP contribution in [0.4, 0.5) is 0 Å². The molecule has 1 N–H and O–H groups in total. The van der Waals surface area contributed by atoms with E-state index in [0.29, 0.717) is 5.92 Å². The predicted molar refractivity (Wildman–Crippen MR) is 69.6 cm³/mol. The molecule has 1 aromatic heterocycles. The van der Waals surface area contributed by atoms with Crippen LogP contribution in [0.25, 0.3) is 6.08 Å². The first-order valence-corrected chi connectivity index (χ1v) is 5.90. The summed E-state index contributed by atoms with van der Waals surface area (Å²) in [4.78, 5) is 8.12. The van der Waals surface area contributed by atoms with Gasteiger partial charge in [-0.25, -0.2) is 9.97 Å². The van der Waals surface area contributed by atoms with Gasteiger partial charge >= 0.3 is 0 Å². The van der Waals surface area contributed by atoms with Crippen molar-refractivity contribution in [2.75, 3.05) is 26.8 Å². The molecule has 0 aromatic carbocycles. The minimum absolute atomic E-state index is 0.500. The zero-order valence-corrected chi connectivity index (χ0v) is 10.8.